The molecule has 0 aromatic heterocycles. The minimum absolute atomic E-state index is 0.313. The van der Waals surface area contributed by atoms with Crippen molar-refractivity contribution in [3.05, 3.63) is 58.7 Å². The Morgan fingerprint density at radius 2 is 1.93 bits per heavy atom. The Bertz CT molecular complexity index is 826. The van der Waals surface area contributed by atoms with Crippen LogP contribution in [0.1, 0.15) is 40.6 Å². The van der Waals surface area contributed by atoms with Gasteiger partial charge in [0.2, 0.25) is 0 Å². The van der Waals surface area contributed by atoms with Crippen molar-refractivity contribution in [3.8, 4) is 11.5 Å². The summed E-state index contributed by atoms with van der Waals surface area (Å²) in [5, 5.41) is 0. The van der Waals surface area contributed by atoms with Gasteiger partial charge >= 0.3 is 0 Å². The summed E-state index contributed by atoms with van der Waals surface area (Å²) < 4.78 is 24.1. The highest BCUT2D eigenvalue weighted by molar-refractivity contribution is 5.49. The highest BCUT2D eigenvalue weighted by Crippen LogP contribution is 2.37. The van der Waals surface area contributed by atoms with Gasteiger partial charge in [0.15, 0.2) is 11.5 Å². The van der Waals surface area contributed by atoms with Crippen LogP contribution in [-0.2, 0) is 13.1 Å². The summed E-state index contributed by atoms with van der Waals surface area (Å²) in [6.07, 6.45) is 2.07. The van der Waals surface area contributed by atoms with Gasteiger partial charge in [-0.1, -0.05) is 24.3 Å². The Morgan fingerprint density at radius 3 is 2.67 bits per heavy atom. The largest absolute Gasteiger partial charge is 0.493 e. The van der Waals surface area contributed by atoms with Gasteiger partial charge in [-0.05, 0) is 28.8 Å². The van der Waals surface area contributed by atoms with Gasteiger partial charge in [0.25, 0.3) is 0 Å². The van der Waals surface area contributed by atoms with Crippen molar-refractivity contribution in [2.24, 2.45) is 0 Å². The van der Waals surface area contributed by atoms with E-state index in [9.17, 15) is 4.39 Å². The molecule has 4 N–H and O–H groups in total. The zero-order valence-electron chi connectivity index (χ0n) is 16.1. The Hall–Kier alpha value is -2.11. The van der Waals surface area contributed by atoms with Crippen LogP contribution in [0.15, 0.2) is 36.4 Å². The van der Waals surface area contributed by atoms with Crippen molar-refractivity contribution >= 4 is 0 Å². The monoisotopic (exact) mass is 372 g/mol. The number of rotatable bonds is 4. The van der Waals surface area contributed by atoms with Gasteiger partial charge < -0.3 is 20.1 Å². The molecule has 4 nitrogen and oxygen atoms in total. The molecular weight excluding hydrogens is 343 g/mol. The van der Waals surface area contributed by atoms with Crippen molar-refractivity contribution in [2.45, 2.75) is 37.5 Å². The zero-order valence-corrected chi connectivity index (χ0v) is 16.1. The van der Waals surface area contributed by atoms with Crippen molar-refractivity contribution in [1.29, 1.82) is 0 Å². The van der Waals surface area contributed by atoms with Gasteiger partial charge in [-0.25, -0.2) is 4.39 Å². The number of piperidine rings is 1. The number of alkyl halides is 1. The number of fused-ring (bicyclic) bond motifs is 3. The first-order chi connectivity index (χ1) is 13.1. The van der Waals surface area contributed by atoms with E-state index in [1.165, 1.54) is 16.7 Å². The van der Waals surface area contributed by atoms with Crippen LogP contribution in [0.3, 0.4) is 0 Å². The van der Waals surface area contributed by atoms with Crippen LogP contribution >= 0.6 is 0 Å². The molecule has 4 atom stereocenters. The number of hydrogen-bond acceptors (Lipinski definition) is 2. The molecule has 144 valence electrons. The second-order valence-electron chi connectivity index (χ2n) is 7.80. The highest BCUT2D eigenvalue weighted by Gasteiger charge is 2.43. The standard InChI is InChI=1S/C22H27FN2O2/c1-26-21-9-16-6-7-25-13-18(15-5-3-4-14(8-15)12-23)19(24)11-20(25)17(16)10-22(21)27-2/h3-5,8-10,18-20H,6-7,11-13,24H2,1-2H3/p+2/t18-,19+,20+/m1/s1. The number of benzene rings is 2. The van der Waals surface area contributed by atoms with Crippen LogP contribution in [0.2, 0.25) is 0 Å². The molecule has 4 rings (SSSR count). The predicted octanol–water partition coefficient (Wildman–Crippen LogP) is 1.45. The molecule has 2 aliphatic heterocycles. The first-order valence-corrected chi connectivity index (χ1v) is 9.71. The molecule has 5 heteroatoms. The zero-order chi connectivity index (χ0) is 19.0. The molecule has 0 bridgehead atoms. The van der Waals surface area contributed by atoms with E-state index < -0.39 is 6.67 Å². The fourth-order valence-corrected chi connectivity index (χ4v) is 4.92. The van der Waals surface area contributed by atoms with E-state index in [0.717, 1.165) is 43.0 Å². The molecule has 1 unspecified atom stereocenters. The van der Waals surface area contributed by atoms with Gasteiger partial charge in [0, 0.05) is 12.0 Å². The normalized spacial score (nSPS) is 26.8. The van der Waals surface area contributed by atoms with E-state index >= 15 is 0 Å². The maximum atomic E-state index is 13.1. The highest BCUT2D eigenvalue weighted by atomic mass is 19.1. The van der Waals surface area contributed by atoms with Crippen molar-refractivity contribution in [1.82, 2.24) is 0 Å². The Balaban J connectivity index is 1.63. The van der Waals surface area contributed by atoms with E-state index in [1.807, 2.05) is 18.2 Å². The van der Waals surface area contributed by atoms with E-state index in [1.54, 1.807) is 19.1 Å². The summed E-state index contributed by atoms with van der Waals surface area (Å²) in [4.78, 5) is 1.60. The maximum absolute atomic E-state index is 13.1. The summed E-state index contributed by atoms with van der Waals surface area (Å²) in [5.41, 5.74) is 9.22. The van der Waals surface area contributed by atoms with Gasteiger partial charge in [0.1, 0.15) is 18.8 Å². The lowest BCUT2D eigenvalue weighted by Gasteiger charge is -2.42. The second-order valence-corrected chi connectivity index (χ2v) is 7.80. The molecule has 2 aliphatic rings. The number of methoxy groups -OCH3 is 2. The lowest BCUT2D eigenvalue weighted by atomic mass is 9.78. The molecule has 0 radical (unpaired) electrons. The number of nitrogens with one attached hydrogen (secondary N) is 1. The molecular formula is C22H29FN2O2+2. The van der Waals surface area contributed by atoms with Crippen LogP contribution in [0, 0.1) is 0 Å². The molecule has 1 saturated heterocycles. The molecule has 2 aromatic rings. The Kier molecular flexibility index (Phi) is 5.06. The van der Waals surface area contributed by atoms with Gasteiger partial charge in [0.05, 0.1) is 39.6 Å². The third kappa shape index (κ3) is 3.30. The molecule has 2 heterocycles. The summed E-state index contributed by atoms with van der Waals surface area (Å²) in [5.74, 6) is 1.99. The smallest absolute Gasteiger partial charge is 0.161 e. The number of halogens is 1. The van der Waals surface area contributed by atoms with Crippen LogP contribution in [0.4, 0.5) is 4.39 Å². The Labute approximate surface area is 160 Å². The van der Waals surface area contributed by atoms with E-state index in [2.05, 4.69) is 23.9 Å². The fourth-order valence-electron chi connectivity index (χ4n) is 4.92. The molecule has 27 heavy (non-hydrogen) atoms. The van der Waals surface area contributed by atoms with Gasteiger partial charge in [-0.3, -0.25) is 0 Å². The number of ether oxygens (including phenoxy) is 2. The topological polar surface area (TPSA) is 50.5 Å². The summed E-state index contributed by atoms with van der Waals surface area (Å²) in [6, 6.07) is 13.0. The lowest BCUT2D eigenvalue weighted by molar-refractivity contribution is -0.944. The minimum atomic E-state index is -0.406. The molecule has 0 saturated carbocycles. The first kappa shape index (κ1) is 18.3. The average molecular weight is 372 g/mol. The summed E-state index contributed by atoms with van der Waals surface area (Å²) in [7, 11) is 3.38. The molecule has 2 aromatic carbocycles. The van der Waals surface area contributed by atoms with Gasteiger partial charge in [-0.15, -0.1) is 0 Å². The second kappa shape index (κ2) is 7.49. The van der Waals surface area contributed by atoms with E-state index in [-0.39, 0.29) is 0 Å². The SMILES string of the molecule is COc1cc2c(cc1OC)[C@@H]1C[C@H]([NH3+])[C@@H](c3cccc(CF)c3)C[NH+]1CC2. The van der Waals surface area contributed by atoms with Crippen molar-refractivity contribution in [2.75, 3.05) is 27.3 Å². The Morgan fingerprint density at radius 1 is 1.15 bits per heavy atom. The summed E-state index contributed by atoms with van der Waals surface area (Å²) >= 11 is 0. The fraction of sp³-hybridized carbons (Fsp3) is 0.455. The summed E-state index contributed by atoms with van der Waals surface area (Å²) in [6.45, 7) is 1.75. The van der Waals surface area contributed by atoms with Crippen molar-refractivity contribution in [3.63, 3.8) is 0 Å². The van der Waals surface area contributed by atoms with Crippen LogP contribution in [0.5, 0.6) is 11.5 Å². The van der Waals surface area contributed by atoms with E-state index in [4.69, 9.17) is 9.47 Å². The molecule has 0 spiro atoms. The number of quaternary nitrogens is 2. The molecule has 0 amide bonds. The first-order valence-electron chi connectivity index (χ1n) is 9.71. The maximum Gasteiger partial charge on any atom is 0.161 e. The lowest BCUT2D eigenvalue weighted by Crippen LogP contribution is -3.15. The number of hydrogen-bond donors (Lipinski definition) is 2. The predicted molar refractivity (Wildman–Crippen MR) is 102 cm³/mol. The molecule has 1 fully saturated rings. The third-order valence-electron chi connectivity index (χ3n) is 6.35. The van der Waals surface area contributed by atoms with Crippen molar-refractivity contribution < 1.29 is 24.5 Å². The molecule has 0 aliphatic carbocycles. The third-order valence-corrected chi connectivity index (χ3v) is 6.35. The van der Waals surface area contributed by atoms with Gasteiger partial charge in [-0.2, -0.15) is 0 Å². The van der Waals surface area contributed by atoms with Crippen LogP contribution in [-0.4, -0.2) is 33.4 Å². The minimum Gasteiger partial charge on any atom is -0.493 e. The quantitative estimate of drug-likeness (QED) is 0.854. The average Bonchev–Trinajstić information content (AvgIpc) is 2.72. The van der Waals surface area contributed by atoms with E-state index in [0.29, 0.717) is 18.0 Å². The van der Waals surface area contributed by atoms with Crippen LogP contribution in [0.25, 0.3) is 0 Å². The van der Waals surface area contributed by atoms with Crippen LogP contribution < -0.4 is 20.1 Å².